The highest BCUT2D eigenvalue weighted by molar-refractivity contribution is 5.66. The second-order valence-corrected chi connectivity index (χ2v) is 7.35. The second kappa shape index (κ2) is 9.57. The molecular weight excluding hydrogens is 312 g/mol. The first-order valence-electron chi connectivity index (χ1n) is 8.86. The van der Waals surface area contributed by atoms with Gasteiger partial charge < -0.3 is 9.84 Å². The van der Waals surface area contributed by atoms with Crippen LogP contribution in [0, 0.1) is 5.41 Å². The number of ether oxygens (including phenoxy) is 1. The zero-order valence-corrected chi connectivity index (χ0v) is 16.4. The molecule has 0 aromatic carbocycles. The van der Waals surface area contributed by atoms with E-state index in [2.05, 4.69) is 39.8 Å². The lowest BCUT2D eigenvalue weighted by Crippen LogP contribution is -2.30. The number of rotatable bonds is 6. The molecule has 0 aliphatic heterocycles. The van der Waals surface area contributed by atoms with Crippen molar-refractivity contribution in [1.29, 1.82) is 0 Å². The third-order valence-electron chi connectivity index (χ3n) is 4.62. The van der Waals surface area contributed by atoms with Crippen molar-refractivity contribution in [3.63, 3.8) is 0 Å². The van der Waals surface area contributed by atoms with Crippen molar-refractivity contribution in [1.82, 2.24) is 0 Å². The van der Waals surface area contributed by atoms with Crippen LogP contribution < -0.4 is 0 Å². The average molecular weight is 344 g/mol. The largest absolute Gasteiger partial charge is 0.458 e. The van der Waals surface area contributed by atoms with Gasteiger partial charge in [-0.15, -0.1) is 0 Å². The van der Waals surface area contributed by atoms with Crippen molar-refractivity contribution in [2.45, 2.75) is 60.5 Å². The molecule has 25 heavy (non-hydrogen) atoms. The van der Waals surface area contributed by atoms with Crippen LogP contribution in [0.25, 0.3) is 0 Å². The van der Waals surface area contributed by atoms with E-state index in [9.17, 15) is 4.79 Å². The van der Waals surface area contributed by atoms with E-state index in [1.165, 1.54) is 12.5 Å². The van der Waals surface area contributed by atoms with Crippen LogP contribution >= 0.6 is 0 Å². The number of carbonyl (C=O) groups is 1. The Hall–Kier alpha value is -1.87. The summed E-state index contributed by atoms with van der Waals surface area (Å²) in [5.41, 5.74) is 4.64. The van der Waals surface area contributed by atoms with Crippen LogP contribution in [0.4, 0.5) is 0 Å². The van der Waals surface area contributed by atoms with Crippen molar-refractivity contribution in [3.05, 3.63) is 58.7 Å². The molecule has 0 aromatic heterocycles. The molecule has 3 heteroatoms. The molecule has 0 radical (unpaired) electrons. The number of carbonyl (C=O) groups excluding carboxylic acids is 1. The Morgan fingerprint density at radius 3 is 2.52 bits per heavy atom. The Morgan fingerprint density at radius 2 is 1.92 bits per heavy atom. The summed E-state index contributed by atoms with van der Waals surface area (Å²) in [4.78, 5) is 11.3. The van der Waals surface area contributed by atoms with Gasteiger partial charge >= 0.3 is 5.97 Å². The van der Waals surface area contributed by atoms with E-state index in [4.69, 9.17) is 9.84 Å². The van der Waals surface area contributed by atoms with Crippen LogP contribution in [0.5, 0.6) is 0 Å². The summed E-state index contributed by atoms with van der Waals surface area (Å²) in [7, 11) is 0. The van der Waals surface area contributed by atoms with Gasteiger partial charge in [0.2, 0.25) is 0 Å². The van der Waals surface area contributed by atoms with Crippen LogP contribution in [0.15, 0.2) is 58.7 Å². The van der Waals surface area contributed by atoms with Gasteiger partial charge in [-0.25, -0.2) is 0 Å². The van der Waals surface area contributed by atoms with Gasteiger partial charge in [-0.05, 0) is 50.2 Å². The molecule has 0 fully saturated rings. The van der Waals surface area contributed by atoms with Gasteiger partial charge in [-0.3, -0.25) is 4.79 Å². The molecule has 0 amide bonds. The normalized spacial score (nSPS) is 22.1. The smallest absolute Gasteiger partial charge is 0.303 e. The lowest BCUT2D eigenvalue weighted by atomic mass is 9.71. The third-order valence-corrected chi connectivity index (χ3v) is 4.62. The van der Waals surface area contributed by atoms with Crippen LogP contribution in [0.1, 0.15) is 54.4 Å². The predicted molar refractivity (Wildman–Crippen MR) is 104 cm³/mol. The number of hydrogen-bond donors (Lipinski definition) is 1. The highest BCUT2D eigenvalue weighted by Gasteiger charge is 2.33. The van der Waals surface area contributed by atoms with Crippen molar-refractivity contribution in [2.75, 3.05) is 6.61 Å². The highest BCUT2D eigenvalue weighted by Crippen LogP contribution is 2.42. The molecule has 1 aliphatic rings. The molecule has 0 spiro atoms. The minimum atomic E-state index is -0.222. The molecule has 1 N–H and O–H groups in total. The van der Waals surface area contributed by atoms with Gasteiger partial charge in [0.25, 0.3) is 0 Å². The Kier molecular flexibility index (Phi) is 8.11. The Labute approximate surface area is 152 Å². The molecule has 0 heterocycles. The van der Waals surface area contributed by atoms with Crippen LogP contribution in [0.3, 0.4) is 0 Å². The van der Waals surface area contributed by atoms with Gasteiger partial charge in [0.15, 0.2) is 0 Å². The van der Waals surface area contributed by atoms with Crippen molar-refractivity contribution in [3.8, 4) is 0 Å². The van der Waals surface area contributed by atoms with E-state index in [-0.39, 0.29) is 24.1 Å². The highest BCUT2D eigenvalue weighted by atomic mass is 16.5. The first kappa shape index (κ1) is 21.2. The van der Waals surface area contributed by atoms with E-state index in [0.717, 1.165) is 29.6 Å². The lowest BCUT2D eigenvalue weighted by molar-refractivity contribution is -0.145. The fourth-order valence-corrected chi connectivity index (χ4v) is 3.09. The molecule has 3 nitrogen and oxygen atoms in total. The Morgan fingerprint density at radius 1 is 1.24 bits per heavy atom. The zero-order valence-electron chi connectivity index (χ0n) is 16.4. The molecular formula is C22H32O3. The summed E-state index contributed by atoms with van der Waals surface area (Å²) < 4.78 is 5.46. The number of hydrogen-bond acceptors (Lipinski definition) is 3. The molecule has 0 unspecified atom stereocenters. The summed E-state index contributed by atoms with van der Waals surface area (Å²) in [6, 6.07) is 0. The summed E-state index contributed by atoms with van der Waals surface area (Å²) in [5, 5.41) is 8.85. The van der Waals surface area contributed by atoms with Crippen molar-refractivity contribution >= 4 is 5.97 Å². The standard InChI is InChI=1S/C22H32O3/c1-16(8-7-9-17(2)13-15-23)10-11-20-18(3)21(25-19(4)24)12-14-22(20,5)6/h7-11,13,21,23H,12,14-15H2,1-6H3/b9-7+,11-10+,16-8+,17-13+/t21-/m1/s1. The maximum Gasteiger partial charge on any atom is 0.303 e. The van der Waals surface area contributed by atoms with Crippen molar-refractivity contribution in [2.24, 2.45) is 5.41 Å². The Balaban J connectivity index is 2.97. The first-order valence-corrected chi connectivity index (χ1v) is 8.86. The summed E-state index contributed by atoms with van der Waals surface area (Å²) in [6.45, 7) is 12.1. The molecule has 1 atom stereocenters. The number of esters is 1. The molecule has 1 aliphatic carbocycles. The fraction of sp³-hybridized carbons (Fsp3) is 0.500. The average Bonchev–Trinajstić information content (AvgIpc) is 2.50. The summed E-state index contributed by atoms with van der Waals surface area (Å²) in [6.07, 6.45) is 13.8. The van der Waals surface area contributed by atoms with E-state index < -0.39 is 0 Å². The number of aliphatic hydroxyl groups excluding tert-OH is 1. The van der Waals surface area contributed by atoms with Crippen LogP contribution in [-0.2, 0) is 9.53 Å². The van der Waals surface area contributed by atoms with E-state index in [1.54, 1.807) is 6.08 Å². The SMILES string of the molecule is CC(=O)O[C@@H]1CCC(C)(C)C(/C=C/C(C)=C/C=C/C(C)=C/CO)=C1C. The minimum absolute atomic E-state index is 0.0603. The van der Waals surface area contributed by atoms with Gasteiger partial charge in [0.05, 0.1) is 6.61 Å². The second-order valence-electron chi connectivity index (χ2n) is 7.35. The maximum atomic E-state index is 11.3. The quantitative estimate of drug-likeness (QED) is 0.541. The summed E-state index contributed by atoms with van der Waals surface area (Å²) >= 11 is 0. The summed E-state index contributed by atoms with van der Waals surface area (Å²) in [5.74, 6) is -0.222. The molecule has 0 saturated carbocycles. The number of aliphatic hydroxyl groups is 1. The lowest BCUT2D eigenvalue weighted by Gasteiger charge is -2.36. The van der Waals surface area contributed by atoms with Gasteiger partial charge in [0, 0.05) is 6.92 Å². The van der Waals surface area contributed by atoms with Crippen LogP contribution in [0.2, 0.25) is 0 Å². The molecule has 138 valence electrons. The molecule has 0 saturated heterocycles. The van der Waals surface area contributed by atoms with Gasteiger partial charge in [0.1, 0.15) is 6.10 Å². The van der Waals surface area contributed by atoms with Crippen LogP contribution in [-0.4, -0.2) is 23.8 Å². The van der Waals surface area contributed by atoms with E-state index in [1.807, 2.05) is 25.2 Å². The van der Waals surface area contributed by atoms with E-state index in [0.29, 0.717) is 0 Å². The minimum Gasteiger partial charge on any atom is -0.458 e. The molecule has 1 rings (SSSR count). The zero-order chi connectivity index (χ0) is 19.0. The van der Waals surface area contributed by atoms with Gasteiger partial charge in [-0.2, -0.15) is 0 Å². The predicted octanol–water partition coefficient (Wildman–Crippen LogP) is 5.05. The Bertz CT molecular complexity index is 628. The fourth-order valence-electron chi connectivity index (χ4n) is 3.09. The topological polar surface area (TPSA) is 46.5 Å². The first-order chi connectivity index (χ1) is 11.7. The molecule has 0 bridgehead atoms. The third kappa shape index (κ3) is 6.87. The maximum absolute atomic E-state index is 11.3. The van der Waals surface area contributed by atoms with Gasteiger partial charge in [-0.1, -0.05) is 61.4 Å². The number of allylic oxidation sites excluding steroid dienone is 8. The van der Waals surface area contributed by atoms with E-state index >= 15 is 0 Å². The van der Waals surface area contributed by atoms with Crippen molar-refractivity contribution < 1.29 is 14.6 Å². The molecule has 0 aromatic rings. The monoisotopic (exact) mass is 344 g/mol.